The molecule has 0 atom stereocenters. The summed E-state index contributed by atoms with van der Waals surface area (Å²) >= 11 is 5.03. The molecule has 27 heavy (non-hydrogen) atoms. The van der Waals surface area contributed by atoms with Gasteiger partial charge in [0.1, 0.15) is 5.75 Å². The van der Waals surface area contributed by atoms with E-state index in [0.29, 0.717) is 12.3 Å². The van der Waals surface area contributed by atoms with Crippen molar-refractivity contribution in [3.05, 3.63) is 59.0 Å². The van der Waals surface area contributed by atoms with E-state index in [9.17, 15) is 4.79 Å². The van der Waals surface area contributed by atoms with Crippen LogP contribution in [0.4, 0.5) is 0 Å². The molecule has 0 spiro atoms. The van der Waals surface area contributed by atoms with E-state index in [-0.39, 0.29) is 5.91 Å². The van der Waals surface area contributed by atoms with Crippen molar-refractivity contribution in [2.75, 3.05) is 25.2 Å². The molecule has 0 fully saturated rings. The van der Waals surface area contributed by atoms with Crippen molar-refractivity contribution in [1.82, 2.24) is 14.9 Å². The van der Waals surface area contributed by atoms with Gasteiger partial charge < -0.3 is 10.1 Å². The number of aromatic nitrogens is 2. The van der Waals surface area contributed by atoms with Gasteiger partial charge in [0.05, 0.1) is 18.6 Å². The highest BCUT2D eigenvalue weighted by molar-refractivity contribution is 7.99. The van der Waals surface area contributed by atoms with E-state index in [1.54, 1.807) is 24.6 Å². The molecule has 2 heterocycles. The molecule has 2 aromatic heterocycles. The molecule has 1 aromatic carbocycles. The third-order valence-electron chi connectivity index (χ3n) is 3.66. The molecule has 0 aliphatic heterocycles. The zero-order valence-corrected chi connectivity index (χ0v) is 17.4. The summed E-state index contributed by atoms with van der Waals surface area (Å²) in [5.74, 6) is 3.07. The first-order valence-electron chi connectivity index (χ1n) is 8.43. The van der Waals surface area contributed by atoms with Crippen molar-refractivity contribution in [2.24, 2.45) is 0 Å². The lowest BCUT2D eigenvalue weighted by Crippen LogP contribution is -2.27. The van der Waals surface area contributed by atoms with Gasteiger partial charge in [-0.1, -0.05) is 23.9 Å². The van der Waals surface area contributed by atoms with Crippen LogP contribution in [-0.4, -0.2) is 40.6 Å². The zero-order valence-electron chi connectivity index (χ0n) is 15.0. The van der Waals surface area contributed by atoms with Gasteiger partial charge in [-0.25, -0.2) is 4.98 Å². The van der Waals surface area contributed by atoms with Crippen LogP contribution in [0.1, 0.15) is 4.88 Å². The number of methoxy groups -OCH3 is 1. The van der Waals surface area contributed by atoms with Gasteiger partial charge in [-0.2, -0.15) is 11.8 Å². The highest BCUT2D eigenvalue weighted by Gasteiger charge is 2.09. The molecule has 0 bridgehead atoms. The van der Waals surface area contributed by atoms with Crippen molar-refractivity contribution in [3.63, 3.8) is 0 Å². The quantitative estimate of drug-likeness (QED) is 0.396. The highest BCUT2D eigenvalue weighted by Crippen LogP contribution is 2.23. The minimum Gasteiger partial charge on any atom is -0.497 e. The predicted molar refractivity (Wildman–Crippen MR) is 114 cm³/mol. The molecule has 1 amide bonds. The number of amides is 1. The van der Waals surface area contributed by atoms with Crippen LogP contribution in [-0.2, 0) is 10.5 Å². The Bertz CT molecular complexity index is 850. The summed E-state index contributed by atoms with van der Waals surface area (Å²) in [6, 6.07) is 12.0. The Kier molecular flexibility index (Phi) is 7.67. The molecule has 0 saturated heterocycles. The molecule has 0 radical (unpaired) electrons. The Morgan fingerprint density at radius 3 is 3.07 bits per heavy atom. The van der Waals surface area contributed by atoms with Crippen LogP contribution in [0, 0.1) is 0 Å². The van der Waals surface area contributed by atoms with Crippen LogP contribution in [0.5, 0.6) is 5.75 Å². The SMILES string of the molecule is COc1cccc(-n2ccnc2SCC(=O)NCCSCc2cccs2)c1. The van der Waals surface area contributed by atoms with Gasteiger partial charge in [0, 0.05) is 41.4 Å². The lowest BCUT2D eigenvalue weighted by molar-refractivity contribution is -0.118. The van der Waals surface area contributed by atoms with Crippen LogP contribution in [0.2, 0.25) is 0 Å². The number of thioether (sulfide) groups is 2. The van der Waals surface area contributed by atoms with Gasteiger partial charge in [0.15, 0.2) is 5.16 Å². The number of nitrogens with one attached hydrogen (secondary N) is 1. The summed E-state index contributed by atoms with van der Waals surface area (Å²) in [6.07, 6.45) is 3.62. The molecule has 0 aliphatic rings. The van der Waals surface area contributed by atoms with Gasteiger partial charge in [-0.05, 0) is 23.6 Å². The highest BCUT2D eigenvalue weighted by atomic mass is 32.2. The van der Waals surface area contributed by atoms with Crippen molar-refractivity contribution in [1.29, 1.82) is 0 Å². The minimum atomic E-state index is 0.0249. The van der Waals surface area contributed by atoms with Crippen molar-refractivity contribution in [2.45, 2.75) is 10.9 Å². The molecule has 142 valence electrons. The number of imidazole rings is 1. The predicted octanol–water partition coefficient (Wildman–Crippen LogP) is 4.08. The van der Waals surface area contributed by atoms with E-state index >= 15 is 0 Å². The fraction of sp³-hybridized carbons (Fsp3) is 0.263. The molecule has 0 aliphatic carbocycles. The molecule has 1 N–H and O–H groups in total. The summed E-state index contributed by atoms with van der Waals surface area (Å²) < 4.78 is 7.23. The van der Waals surface area contributed by atoms with E-state index in [1.165, 1.54) is 16.6 Å². The first-order chi connectivity index (χ1) is 13.3. The summed E-state index contributed by atoms with van der Waals surface area (Å²) in [5.41, 5.74) is 0.958. The lowest BCUT2D eigenvalue weighted by Gasteiger charge is -2.09. The fourth-order valence-corrected chi connectivity index (χ4v) is 4.87. The summed E-state index contributed by atoms with van der Waals surface area (Å²) in [4.78, 5) is 17.8. The monoisotopic (exact) mass is 419 g/mol. The number of ether oxygens (including phenoxy) is 1. The Hall–Kier alpha value is -1.90. The average Bonchev–Trinajstić information content (AvgIpc) is 3.38. The van der Waals surface area contributed by atoms with Crippen molar-refractivity contribution >= 4 is 40.8 Å². The first-order valence-corrected chi connectivity index (χ1v) is 11.5. The van der Waals surface area contributed by atoms with Gasteiger partial charge in [0.2, 0.25) is 5.91 Å². The van der Waals surface area contributed by atoms with E-state index in [2.05, 4.69) is 27.8 Å². The second-order valence-electron chi connectivity index (χ2n) is 5.55. The summed E-state index contributed by atoms with van der Waals surface area (Å²) in [7, 11) is 1.64. The molecular formula is C19H21N3O2S3. The number of hydrogen-bond donors (Lipinski definition) is 1. The van der Waals surface area contributed by atoms with Gasteiger partial charge in [0.25, 0.3) is 0 Å². The molecular weight excluding hydrogens is 398 g/mol. The third kappa shape index (κ3) is 6.05. The standard InChI is InChI=1S/C19H21N3O2S3/c1-24-16-5-2-4-15(12-16)22-9-7-21-19(22)27-14-18(23)20-8-11-25-13-17-6-3-10-26-17/h2-7,9-10,12H,8,11,13-14H2,1H3,(H,20,23). The van der Waals surface area contributed by atoms with Crippen LogP contribution in [0.25, 0.3) is 5.69 Å². The number of carbonyl (C=O) groups is 1. The van der Waals surface area contributed by atoms with E-state index < -0.39 is 0 Å². The number of hydrogen-bond acceptors (Lipinski definition) is 6. The number of thiophene rings is 1. The smallest absolute Gasteiger partial charge is 0.230 e. The lowest BCUT2D eigenvalue weighted by atomic mass is 10.3. The number of carbonyl (C=O) groups excluding carboxylic acids is 1. The summed E-state index contributed by atoms with van der Waals surface area (Å²) in [5, 5.41) is 5.84. The molecule has 0 unspecified atom stereocenters. The second-order valence-corrected chi connectivity index (χ2v) is 8.63. The Morgan fingerprint density at radius 1 is 1.33 bits per heavy atom. The minimum absolute atomic E-state index is 0.0249. The molecule has 8 heteroatoms. The number of benzene rings is 1. The second kappa shape index (κ2) is 10.4. The average molecular weight is 420 g/mol. The van der Waals surface area contributed by atoms with Crippen LogP contribution < -0.4 is 10.1 Å². The van der Waals surface area contributed by atoms with Crippen LogP contribution >= 0.6 is 34.9 Å². The Balaban J connectivity index is 1.42. The van der Waals surface area contributed by atoms with Gasteiger partial charge in [-0.3, -0.25) is 9.36 Å². The largest absolute Gasteiger partial charge is 0.497 e. The molecule has 3 aromatic rings. The molecule has 3 rings (SSSR count). The number of rotatable bonds is 10. The maximum absolute atomic E-state index is 12.1. The van der Waals surface area contributed by atoms with Crippen molar-refractivity contribution < 1.29 is 9.53 Å². The fourth-order valence-electron chi connectivity index (χ4n) is 2.36. The zero-order chi connectivity index (χ0) is 18.9. The number of nitrogens with zero attached hydrogens (tertiary/aromatic N) is 2. The maximum Gasteiger partial charge on any atom is 0.230 e. The summed E-state index contributed by atoms with van der Waals surface area (Å²) in [6.45, 7) is 0.680. The van der Waals surface area contributed by atoms with E-state index in [1.807, 2.05) is 46.8 Å². The van der Waals surface area contributed by atoms with Gasteiger partial charge >= 0.3 is 0 Å². The van der Waals surface area contributed by atoms with Crippen LogP contribution in [0.15, 0.2) is 59.3 Å². The molecule has 0 saturated carbocycles. The topological polar surface area (TPSA) is 56.2 Å². The molecule has 5 nitrogen and oxygen atoms in total. The normalized spacial score (nSPS) is 10.7. The van der Waals surface area contributed by atoms with Crippen molar-refractivity contribution in [3.8, 4) is 11.4 Å². The Morgan fingerprint density at radius 2 is 2.26 bits per heavy atom. The van der Waals surface area contributed by atoms with Gasteiger partial charge in [-0.15, -0.1) is 11.3 Å². The Labute approximate surface area is 171 Å². The third-order valence-corrected chi connectivity index (χ3v) is 6.70. The van der Waals surface area contributed by atoms with Crippen LogP contribution in [0.3, 0.4) is 0 Å². The maximum atomic E-state index is 12.1. The van der Waals surface area contributed by atoms with E-state index in [4.69, 9.17) is 4.74 Å². The van der Waals surface area contributed by atoms with E-state index in [0.717, 1.165) is 28.1 Å². The first kappa shape index (κ1) is 19.9.